The molecule has 0 N–H and O–H groups in total. The van der Waals surface area contributed by atoms with Gasteiger partial charge >= 0.3 is 6.03 Å². The van der Waals surface area contributed by atoms with E-state index in [-0.39, 0.29) is 6.03 Å². The van der Waals surface area contributed by atoms with Crippen LogP contribution in [0.2, 0.25) is 0 Å². The summed E-state index contributed by atoms with van der Waals surface area (Å²) in [6, 6.07) is 4.29. The van der Waals surface area contributed by atoms with E-state index in [2.05, 4.69) is 12.1 Å². The number of nitrogens with zero attached hydrogens (tertiary/aromatic N) is 2. The zero-order chi connectivity index (χ0) is 16.4. The van der Waals surface area contributed by atoms with E-state index in [1.54, 1.807) is 14.2 Å². The Morgan fingerprint density at radius 1 is 1.22 bits per heavy atom. The number of fused-ring (bicyclic) bond motifs is 2. The first kappa shape index (κ1) is 15.9. The molecule has 0 aromatic heterocycles. The number of urea groups is 1. The third-order valence-corrected chi connectivity index (χ3v) is 4.58. The number of hydrogen-bond acceptors (Lipinski definition) is 3. The van der Waals surface area contributed by atoms with E-state index in [4.69, 9.17) is 9.47 Å². The molecule has 3 rings (SSSR count). The first-order valence-electron chi connectivity index (χ1n) is 8.11. The Morgan fingerprint density at radius 3 is 2.74 bits per heavy atom. The largest absolute Gasteiger partial charge is 0.496 e. The van der Waals surface area contributed by atoms with Crippen LogP contribution in [0, 0.1) is 0 Å². The summed E-state index contributed by atoms with van der Waals surface area (Å²) in [5, 5.41) is 0. The maximum absolute atomic E-state index is 12.6. The molecule has 2 aliphatic heterocycles. The third-order valence-electron chi connectivity index (χ3n) is 4.58. The molecule has 124 valence electrons. The lowest BCUT2D eigenvalue weighted by atomic mass is 9.96. The number of carbonyl (C=O) groups excluding carboxylic acids is 1. The number of benzene rings is 1. The van der Waals surface area contributed by atoms with Crippen molar-refractivity contribution >= 4 is 6.03 Å². The van der Waals surface area contributed by atoms with Gasteiger partial charge in [-0.25, -0.2) is 4.79 Å². The molecule has 23 heavy (non-hydrogen) atoms. The van der Waals surface area contributed by atoms with Gasteiger partial charge in [0.2, 0.25) is 0 Å². The van der Waals surface area contributed by atoms with Crippen LogP contribution in [0.1, 0.15) is 30.0 Å². The molecule has 0 atom stereocenters. The number of hydrogen-bond donors (Lipinski definition) is 0. The van der Waals surface area contributed by atoms with Crippen LogP contribution in [-0.4, -0.2) is 43.1 Å². The number of carbonyl (C=O) groups is 1. The minimum absolute atomic E-state index is 0.0997. The third kappa shape index (κ3) is 2.93. The van der Waals surface area contributed by atoms with Gasteiger partial charge in [-0.05, 0) is 42.5 Å². The molecule has 2 heterocycles. The van der Waals surface area contributed by atoms with Crippen molar-refractivity contribution in [2.24, 2.45) is 0 Å². The Bertz CT molecular complexity index is 639. The SMILES string of the molecule is CCN1C/C2=C/CCc3c(cc(COC)cc3OC)CN2C1=O. The minimum Gasteiger partial charge on any atom is -0.496 e. The molecule has 0 aliphatic carbocycles. The Kier molecular flexibility index (Phi) is 4.57. The van der Waals surface area contributed by atoms with E-state index in [0.717, 1.165) is 48.5 Å². The van der Waals surface area contributed by atoms with E-state index in [1.165, 1.54) is 5.56 Å². The van der Waals surface area contributed by atoms with Crippen molar-refractivity contribution < 1.29 is 14.3 Å². The second-order valence-electron chi connectivity index (χ2n) is 5.99. The maximum atomic E-state index is 12.6. The van der Waals surface area contributed by atoms with Gasteiger partial charge in [0.05, 0.1) is 26.8 Å². The molecule has 0 spiro atoms. The lowest BCUT2D eigenvalue weighted by Gasteiger charge is -2.24. The quantitative estimate of drug-likeness (QED) is 0.858. The van der Waals surface area contributed by atoms with E-state index in [1.807, 2.05) is 22.8 Å². The molecule has 2 amide bonds. The molecule has 5 heteroatoms. The van der Waals surface area contributed by atoms with Gasteiger partial charge in [-0.3, -0.25) is 4.90 Å². The molecular formula is C18H24N2O3. The van der Waals surface area contributed by atoms with Crippen LogP contribution in [0.25, 0.3) is 0 Å². The zero-order valence-electron chi connectivity index (χ0n) is 14.1. The molecule has 0 saturated carbocycles. The van der Waals surface area contributed by atoms with Crippen molar-refractivity contribution in [3.63, 3.8) is 0 Å². The summed E-state index contributed by atoms with van der Waals surface area (Å²) in [6.07, 6.45) is 4.05. The zero-order valence-corrected chi connectivity index (χ0v) is 14.1. The van der Waals surface area contributed by atoms with Crippen LogP contribution in [-0.2, 0) is 24.3 Å². The number of ether oxygens (including phenoxy) is 2. The normalized spacial score (nSPS) is 19.6. The van der Waals surface area contributed by atoms with E-state index < -0.39 is 0 Å². The minimum atomic E-state index is 0.0997. The van der Waals surface area contributed by atoms with Crippen molar-refractivity contribution in [3.8, 4) is 5.75 Å². The van der Waals surface area contributed by atoms with Crippen molar-refractivity contribution in [1.82, 2.24) is 9.80 Å². The molecule has 5 nitrogen and oxygen atoms in total. The predicted octanol–water partition coefficient (Wildman–Crippen LogP) is 2.93. The maximum Gasteiger partial charge on any atom is 0.324 e. The Labute approximate surface area is 137 Å². The van der Waals surface area contributed by atoms with Gasteiger partial charge < -0.3 is 14.4 Å². The first-order chi connectivity index (χ1) is 11.2. The van der Waals surface area contributed by atoms with Gasteiger partial charge in [-0.1, -0.05) is 12.1 Å². The van der Waals surface area contributed by atoms with Crippen LogP contribution in [0.15, 0.2) is 23.9 Å². The van der Waals surface area contributed by atoms with E-state index in [0.29, 0.717) is 13.2 Å². The van der Waals surface area contributed by atoms with Gasteiger partial charge in [-0.2, -0.15) is 0 Å². The highest BCUT2D eigenvalue weighted by Crippen LogP contribution is 2.32. The van der Waals surface area contributed by atoms with Crippen molar-refractivity contribution in [2.75, 3.05) is 27.3 Å². The summed E-state index contributed by atoms with van der Waals surface area (Å²) in [4.78, 5) is 16.3. The number of allylic oxidation sites excluding steroid dienone is 1. The van der Waals surface area contributed by atoms with Crippen LogP contribution < -0.4 is 4.74 Å². The number of rotatable bonds is 4. The number of methoxy groups -OCH3 is 2. The second-order valence-corrected chi connectivity index (χ2v) is 5.99. The molecule has 2 aliphatic rings. The van der Waals surface area contributed by atoms with E-state index in [9.17, 15) is 4.79 Å². The van der Waals surface area contributed by atoms with Gasteiger partial charge in [0.1, 0.15) is 5.75 Å². The standard InChI is InChI=1S/C18H24N2O3/c1-4-19-11-15-6-5-7-16-14(10-20(15)18(19)21)8-13(12-22-2)9-17(16)23-3/h6,8-9H,4-5,7,10-12H2,1-3H3/b15-6-. The van der Waals surface area contributed by atoms with Crippen molar-refractivity contribution in [2.45, 2.75) is 32.9 Å². The highest BCUT2D eigenvalue weighted by atomic mass is 16.5. The van der Waals surface area contributed by atoms with E-state index >= 15 is 0 Å². The van der Waals surface area contributed by atoms with Gasteiger partial charge in [0, 0.05) is 19.4 Å². The molecule has 1 saturated heterocycles. The summed E-state index contributed by atoms with van der Waals surface area (Å²) in [6.45, 7) is 4.63. The highest BCUT2D eigenvalue weighted by Gasteiger charge is 2.33. The van der Waals surface area contributed by atoms with Crippen molar-refractivity contribution in [3.05, 3.63) is 40.6 Å². The molecular weight excluding hydrogens is 292 g/mol. The Morgan fingerprint density at radius 2 is 2.04 bits per heavy atom. The monoisotopic (exact) mass is 316 g/mol. The Hall–Kier alpha value is -2.01. The second kappa shape index (κ2) is 6.62. The summed E-state index contributed by atoms with van der Waals surface area (Å²) < 4.78 is 10.8. The summed E-state index contributed by atoms with van der Waals surface area (Å²) in [5.41, 5.74) is 4.56. The summed E-state index contributed by atoms with van der Waals surface area (Å²) >= 11 is 0. The topological polar surface area (TPSA) is 42.0 Å². The molecule has 1 aromatic rings. The van der Waals surface area contributed by atoms with Crippen LogP contribution >= 0.6 is 0 Å². The molecule has 0 radical (unpaired) electrons. The fourth-order valence-electron chi connectivity index (χ4n) is 3.41. The fraction of sp³-hybridized carbons (Fsp3) is 0.500. The number of likely N-dealkylation sites (N-methyl/N-ethyl adjacent to an activating group) is 1. The fourth-order valence-corrected chi connectivity index (χ4v) is 3.41. The van der Waals surface area contributed by atoms with Gasteiger partial charge in [0.25, 0.3) is 0 Å². The lowest BCUT2D eigenvalue weighted by molar-refractivity contribution is 0.184. The van der Waals surface area contributed by atoms with Crippen molar-refractivity contribution in [1.29, 1.82) is 0 Å². The highest BCUT2D eigenvalue weighted by molar-refractivity contribution is 5.80. The predicted molar refractivity (Wildman–Crippen MR) is 88.3 cm³/mol. The molecule has 0 bridgehead atoms. The molecule has 1 aromatic carbocycles. The Balaban J connectivity index is 1.99. The van der Waals surface area contributed by atoms with Crippen LogP contribution in [0.3, 0.4) is 0 Å². The molecule has 0 unspecified atom stereocenters. The average molecular weight is 316 g/mol. The lowest BCUT2D eigenvalue weighted by Crippen LogP contribution is -2.31. The summed E-state index contributed by atoms with van der Waals surface area (Å²) in [7, 11) is 3.39. The van der Waals surface area contributed by atoms with Crippen LogP contribution in [0.5, 0.6) is 5.75 Å². The number of amides is 2. The van der Waals surface area contributed by atoms with Gasteiger partial charge in [0.15, 0.2) is 0 Å². The first-order valence-corrected chi connectivity index (χ1v) is 8.11. The average Bonchev–Trinajstić information content (AvgIpc) is 2.82. The van der Waals surface area contributed by atoms with Crippen LogP contribution in [0.4, 0.5) is 4.79 Å². The van der Waals surface area contributed by atoms with Gasteiger partial charge in [-0.15, -0.1) is 0 Å². The smallest absolute Gasteiger partial charge is 0.324 e. The molecule has 1 fully saturated rings. The summed E-state index contributed by atoms with van der Waals surface area (Å²) in [5.74, 6) is 0.894.